The van der Waals surface area contributed by atoms with Crippen LogP contribution in [0, 0.1) is 46.8 Å². The van der Waals surface area contributed by atoms with E-state index in [1.807, 2.05) is 13.8 Å². The monoisotopic (exact) mass is 374 g/mol. The van der Waals surface area contributed by atoms with Gasteiger partial charge in [-0.15, -0.1) is 0 Å². The van der Waals surface area contributed by atoms with Crippen LogP contribution in [0.4, 0.5) is 0 Å². The van der Waals surface area contributed by atoms with Crippen LogP contribution >= 0.6 is 0 Å². The fraction of sp³-hybridized carbons (Fsp3) is 0.960. The van der Waals surface area contributed by atoms with E-state index < -0.39 is 5.60 Å². The lowest BCUT2D eigenvalue weighted by Crippen LogP contribution is -2.49. The maximum absolute atomic E-state index is 11.9. The van der Waals surface area contributed by atoms with Crippen molar-refractivity contribution in [3.8, 4) is 0 Å². The van der Waals surface area contributed by atoms with Crippen LogP contribution in [0.25, 0.3) is 0 Å². The lowest BCUT2D eigenvalue weighted by molar-refractivity contribution is -0.127. The summed E-state index contributed by atoms with van der Waals surface area (Å²) in [5.74, 6) is 6.46. The van der Waals surface area contributed by atoms with Crippen LogP contribution in [0.2, 0.25) is 0 Å². The third-order valence-electron chi connectivity index (χ3n) is 9.74. The molecule has 4 rings (SSSR count). The molecule has 27 heavy (non-hydrogen) atoms. The van der Waals surface area contributed by atoms with Gasteiger partial charge in [0.05, 0.1) is 5.60 Å². The highest BCUT2D eigenvalue weighted by molar-refractivity contribution is 5.79. The van der Waals surface area contributed by atoms with Crippen LogP contribution in [-0.4, -0.2) is 16.5 Å². The van der Waals surface area contributed by atoms with Crippen LogP contribution in [0.5, 0.6) is 0 Å². The molecule has 0 aromatic heterocycles. The van der Waals surface area contributed by atoms with Gasteiger partial charge >= 0.3 is 0 Å². The predicted molar refractivity (Wildman–Crippen MR) is 110 cm³/mol. The van der Waals surface area contributed by atoms with Gasteiger partial charge in [-0.25, -0.2) is 0 Å². The molecule has 0 aliphatic heterocycles. The second kappa shape index (κ2) is 7.15. The second-order valence-electron chi connectivity index (χ2n) is 11.8. The fourth-order valence-corrected chi connectivity index (χ4v) is 8.42. The lowest BCUT2D eigenvalue weighted by Gasteiger charge is -2.56. The molecule has 0 aromatic rings. The smallest absolute Gasteiger partial charge is 0.133 e. The van der Waals surface area contributed by atoms with Crippen molar-refractivity contribution in [2.24, 2.45) is 46.8 Å². The summed E-state index contributed by atoms with van der Waals surface area (Å²) >= 11 is 0. The molecule has 2 heteroatoms. The normalized spacial score (nSPS) is 45.7. The van der Waals surface area contributed by atoms with Gasteiger partial charge in [-0.05, 0) is 118 Å². The molecule has 2 nitrogen and oxygen atoms in total. The molecule has 0 saturated heterocycles. The van der Waals surface area contributed by atoms with E-state index in [2.05, 4.69) is 13.8 Å². The zero-order chi connectivity index (χ0) is 19.4. The van der Waals surface area contributed by atoms with E-state index in [-0.39, 0.29) is 0 Å². The predicted octanol–water partition coefficient (Wildman–Crippen LogP) is 6.01. The summed E-state index contributed by atoms with van der Waals surface area (Å²) in [4.78, 5) is 11.9. The highest BCUT2D eigenvalue weighted by atomic mass is 16.3. The largest absolute Gasteiger partial charge is 0.390 e. The van der Waals surface area contributed by atoms with Crippen LogP contribution in [0.3, 0.4) is 0 Å². The van der Waals surface area contributed by atoms with Crippen LogP contribution < -0.4 is 0 Å². The lowest BCUT2D eigenvalue weighted by atomic mass is 9.49. The van der Waals surface area contributed by atoms with Gasteiger partial charge < -0.3 is 5.11 Å². The number of aliphatic hydroxyl groups is 1. The molecule has 154 valence electrons. The number of hydrogen-bond donors (Lipinski definition) is 1. The molecule has 4 saturated carbocycles. The van der Waals surface area contributed by atoms with Crippen molar-refractivity contribution in [2.45, 2.75) is 104 Å². The summed E-state index contributed by atoms with van der Waals surface area (Å²) in [6, 6.07) is 0. The summed E-state index contributed by atoms with van der Waals surface area (Å²) < 4.78 is 0. The Morgan fingerprint density at radius 3 is 2.59 bits per heavy atom. The summed E-state index contributed by atoms with van der Waals surface area (Å²) in [6.07, 6.45) is 13.4. The van der Waals surface area contributed by atoms with E-state index >= 15 is 0 Å². The number of fused-ring (bicyclic) bond motifs is 5. The van der Waals surface area contributed by atoms with Gasteiger partial charge in [0.2, 0.25) is 0 Å². The molecule has 0 spiro atoms. The standard InChI is InChI=1S/C25H42O2/c1-16(11-13-24(2,3)27)22-9-10-23-21-7-5-17-15-18(26)6-8-19(17)20(21)12-14-25(22,23)4/h16-17,19-23,27H,5-15H2,1-4H3/t16-,17-,19?,20?,21?,22-,23?,25-/m1/s1. The summed E-state index contributed by atoms with van der Waals surface area (Å²) in [5.41, 5.74) is -0.000859. The first kappa shape index (κ1) is 19.9. The number of ketones is 1. The van der Waals surface area contributed by atoms with Crippen molar-refractivity contribution < 1.29 is 9.90 Å². The first-order valence-electron chi connectivity index (χ1n) is 11.9. The highest BCUT2D eigenvalue weighted by Gasteiger charge is 2.57. The van der Waals surface area contributed by atoms with Crippen molar-refractivity contribution in [3.63, 3.8) is 0 Å². The van der Waals surface area contributed by atoms with E-state index in [1.165, 1.54) is 44.9 Å². The summed E-state index contributed by atoms with van der Waals surface area (Å²) in [5, 5.41) is 10.2. The molecular formula is C25H42O2. The van der Waals surface area contributed by atoms with Crippen molar-refractivity contribution in [1.82, 2.24) is 0 Å². The number of carbonyl (C=O) groups excluding carboxylic acids is 1. The molecule has 4 aliphatic carbocycles. The first-order valence-corrected chi connectivity index (χ1v) is 11.9. The van der Waals surface area contributed by atoms with Gasteiger partial charge in [0, 0.05) is 12.8 Å². The van der Waals surface area contributed by atoms with Crippen molar-refractivity contribution in [2.75, 3.05) is 0 Å². The van der Waals surface area contributed by atoms with Gasteiger partial charge in [0.15, 0.2) is 0 Å². The number of rotatable bonds is 4. The minimum Gasteiger partial charge on any atom is -0.390 e. The second-order valence-corrected chi connectivity index (χ2v) is 11.8. The molecule has 0 bridgehead atoms. The Bertz CT molecular complexity index is 561. The van der Waals surface area contributed by atoms with E-state index in [0.717, 1.165) is 67.1 Å². The minimum atomic E-state index is -0.526. The molecule has 4 fully saturated rings. The third-order valence-corrected chi connectivity index (χ3v) is 9.74. The zero-order valence-electron chi connectivity index (χ0n) is 18.2. The van der Waals surface area contributed by atoms with Gasteiger partial charge in [-0.3, -0.25) is 4.79 Å². The van der Waals surface area contributed by atoms with Crippen LogP contribution in [0.15, 0.2) is 0 Å². The maximum atomic E-state index is 11.9. The van der Waals surface area contributed by atoms with E-state index in [4.69, 9.17) is 0 Å². The SMILES string of the molecule is C[C@H](CCC(C)(C)O)[C@H]1CCC2C3CC[C@@H]4CC(=O)CCC4C3CC[C@@]21C. The van der Waals surface area contributed by atoms with Gasteiger partial charge in [0.25, 0.3) is 0 Å². The minimum absolute atomic E-state index is 0.525. The first-order chi connectivity index (χ1) is 12.7. The topological polar surface area (TPSA) is 37.3 Å². The van der Waals surface area contributed by atoms with Gasteiger partial charge in [-0.1, -0.05) is 13.8 Å². The number of Topliss-reactive ketones (excluding diaryl/α,β-unsaturated/α-hetero) is 1. The third kappa shape index (κ3) is 3.65. The molecule has 1 N–H and O–H groups in total. The van der Waals surface area contributed by atoms with Crippen molar-refractivity contribution in [3.05, 3.63) is 0 Å². The van der Waals surface area contributed by atoms with Crippen LogP contribution in [0.1, 0.15) is 98.3 Å². The molecule has 4 aliphatic rings. The Morgan fingerprint density at radius 2 is 1.85 bits per heavy atom. The highest BCUT2D eigenvalue weighted by Crippen LogP contribution is 2.65. The summed E-state index contributed by atoms with van der Waals surface area (Å²) in [6.45, 7) is 9.00. The van der Waals surface area contributed by atoms with Crippen molar-refractivity contribution >= 4 is 5.78 Å². The molecule has 8 atom stereocenters. The Balaban J connectivity index is 1.46. The molecule has 0 heterocycles. The van der Waals surface area contributed by atoms with Gasteiger partial charge in [-0.2, -0.15) is 0 Å². The molecule has 0 radical (unpaired) electrons. The number of carbonyl (C=O) groups is 1. The Labute approximate surface area is 166 Å². The quantitative estimate of drug-likeness (QED) is 0.654. The Kier molecular flexibility index (Phi) is 5.28. The fourth-order valence-electron chi connectivity index (χ4n) is 8.42. The molecule has 0 aromatic carbocycles. The molecule has 0 amide bonds. The zero-order valence-corrected chi connectivity index (χ0v) is 18.2. The van der Waals surface area contributed by atoms with Crippen LogP contribution in [-0.2, 0) is 4.79 Å². The van der Waals surface area contributed by atoms with E-state index in [1.54, 1.807) is 0 Å². The van der Waals surface area contributed by atoms with E-state index in [0.29, 0.717) is 11.2 Å². The molecule has 4 unspecified atom stereocenters. The number of hydrogen-bond acceptors (Lipinski definition) is 2. The Hall–Kier alpha value is -0.370. The van der Waals surface area contributed by atoms with Crippen molar-refractivity contribution in [1.29, 1.82) is 0 Å². The average Bonchev–Trinajstić information content (AvgIpc) is 2.96. The van der Waals surface area contributed by atoms with E-state index in [9.17, 15) is 9.90 Å². The molecular weight excluding hydrogens is 332 g/mol. The van der Waals surface area contributed by atoms with Gasteiger partial charge in [0.1, 0.15) is 5.78 Å². The average molecular weight is 375 g/mol. The maximum Gasteiger partial charge on any atom is 0.133 e. The summed E-state index contributed by atoms with van der Waals surface area (Å²) in [7, 11) is 0. The Morgan fingerprint density at radius 1 is 1.07 bits per heavy atom.